The van der Waals surface area contributed by atoms with E-state index in [1.807, 2.05) is 20.8 Å². The SMILES string of the molecule is CC(C)(C)c1nsc(NC(=O)c2cncc(N3CCCC3=O)c2)n1. The van der Waals surface area contributed by atoms with E-state index in [4.69, 9.17) is 0 Å². The normalized spacial score (nSPS) is 15.0. The molecule has 7 nitrogen and oxygen atoms in total. The number of amides is 2. The maximum Gasteiger partial charge on any atom is 0.259 e. The molecule has 0 atom stereocenters. The van der Waals surface area contributed by atoms with Gasteiger partial charge in [-0.2, -0.15) is 4.37 Å². The van der Waals surface area contributed by atoms with Crippen LogP contribution in [-0.4, -0.2) is 32.7 Å². The second-order valence-corrected chi connectivity index (χ2v) is 7.46. The minimum absolute atomic E-state index is 0.0632. The van der Waals surface area contributed by atoms with E-state index < -0.39 is 0 Å². The third-order valence-electron chi connectivity index (χ3n) is 3.69. The van der Waals surface area contributed by atoms with Crippen LogP contribution in [-0.2, 0) is 10.2 Å². The van der Waals surface area contributed by atoms with Gasteiger partial charge in [0.2, 0.25) is 11.0 Å². The maximum absolute atomic E-state index is 12.4. The van der Waals surface area contributed by atoms with Gasteiger partial charge < -0.3 is 4.90 Å². The zero-order valence-electron chi connectivity index (χ0n) is 13.9. The highest BCUT2D eigenvalue weighted by Gasteiger charge is 2.23. The van der Waals surface area contributed by atoms with Crippen LogP contribution in [0.1, 0.15) is 49.8 Å². The van der Waals surface area contributed by atoms with Crippen LogP contribution in [0.4, 0.5) is 10.8 Å². The van der Waals surface area contributed by atoms with Gasteiger partial charge in [-0.1, -0.05) is 20.8 Å². The zero-order valence-corrected chi connectivity index (χ0v) is 14.7. The Labute approximate surface area is 144 Å². The molecule has 2 aromatic rings. The smallest absolute Gasteiger partial charge is 0.259 e. The van der Waals surface area contributed by atoms with E-state index in [2.05, 4.69) is 19.7 Å². The lowest BCUT2D eigenvalue weighted by Crippen LogP contribution is -2.24. The van der Waals surface area contributed by atoms with E-state index in [0.29, 0.717) is 35.2 Å². The summed E-state index contributed by atoms with van der Waals surface area (Å²) in [6, 6.07) is 1.68. The van der Waals surface area contributed by atoms with Gasteiger partial charge in [-0.3, -0.25) is 19.9 Å². The molecule has 1 aliphatic rings. The summed E-state index contributed by atoms with van der Waals surface area (Å²) in [5.74, 6) is 0.443. The van der Waals surface area contributed by atoms with Crippen LogP contribution < -0.4 is 10.2 Å². The van der Waals surface area contributed by atoms with Gasteiger partial charge in [0.05, 0.1) is 17.4 Å². The standard InChI is InChI=1S/C16H19N5O2S/c1-16(2,3)14-19-15(24-20-14)18-13(23)10-7-11(9-17-8-10)21-6-4-5-12(21)22/h7-9H,4-6H2,1-3H3,(H,18,19,20,23). The minimum atomic E-state index is -0.312. The van der Waals surface area contributed by atoms with E-state index in [9.17, 15) is 9.59 Å². The van der Waals surface area contributed by atoms with Crippen molar-refractivity contribution in [1.82, 2.24) is 14.3 Å². The van der Waals surface area contributed by atoms with Gasteiger partial charge in [0.15, 0.2) is 0 Å². The van der Waals surface area contributed by atoms with Gasteiger partial charge in [-0.05, 0) is 12.5 Å². The van der Waals surface area contributed by atoms with Gasteiger partial charge >= 0.3 is 0 Å². The monoisotopic (exact) mass is 345 g/mol. The number of nitrogens with one attached hydrogen (secondary N) is 1. The van der Waals surface area contributed by atoms with E-state index in [1.54, 1.807) is 17.2 Å². The average Bonchev–Trinajstić information content (AvgIpc) is 3.16. The fourth-order valence-electron chi connectivity index (χ4n) is 2.37. The molecule has 0 spiro atoms. The van der Waals surface area contributed by atoms with Crippen molar-refractivity contribution in [2.75, 3.05) is 16.8 Å². The van der Waals surface area contributed by atoms with Crippen LogP contribution in [0.25, 0.3) is 0 Å². The number of carbonyl (C=O) groups excluding carboxylic acids is 2. The van der Waals surface area contributed by atoms with Crippen LogP contribution in [0.15, 0.2) is 18.5 Å². The number of anilines is 2. The van der Waals surface area contributed by atoms with E-state index >= 15 is 0 Å². The third-order valence-corrected chi connectivity index (χ3v) is 4.32. The lowest BCUT2D eigenvalue weighted by atomic mass is 9.96. The molecular weight excluding hydrogens is 326 g/mol. The molecular formula is C16H19N5O2S. The molecule has 1 aliphatic heterocycles. The average molecular weight is 345 g/mol. The fraction of sp³-hybridized carbons (Fsp3) is 0.438. The molecule has 24 heavy (non-hydrogen) atoms. The summed E-state index contributed by atoms with van der Waals surface area (Å²) in [6.45, 7) is 6.71. The van der Waals surface area contributed by atoms with Gasteiger partial charge in [0.25, 0.3) is 5.91 Å². The number of hydrogen-bond acceptors (Lipinski definition) is 6. The zero-order chi connectivity index (χ0) is 17.3. The summed E-state index contributed by atoms with van der Waals surface area (Å²) in [5, 5.41) is 3.19. The van der Waals surface area contributed by atoms with Crippen LogP contribution >= 0.6 is 11.5 Å². The van der Waals surface area contributed by atoms with Crippen LogP contribution in [0, 0.1) is 0 Å². The second-order valence-electron chi connectivity index (χ2n) is 6.71. The minimum Gasteiger partial charge on any atom is -0.311 e. The fourth-order valence-corrected chi connectivity index (χ4v) is 3.12. The number of rotatable bonds is 3. The molecule has 1 fully saturated rings. The molecule has 0 radical (unpaired) electrons. The lowest BCUT2D eigenvalue weighted by molar-refractivity contribution is -0.117. The highest BCUT2D eigenvalue weighted by molar-refractivity contribution is 7.09. The summed E-state index contributed by atoms with van der Waals surface area (Å²) in [5.41, 5.74) is 0.870. The van der Waals surface area contributed by atoms with Crippen molar-refractivity contribution >= 4 is 34.2 Å². The predicted molar refractivity (Wildman–Crippen MR) is 92.4 cm³/mol. The first-order valence-electron chi connectivity index (χ1n) is 7.75. The number of carbonyl (C=O) groups is 2. The van der Waals surface area contributed by atoms with Crippen molar-refractivity contribution < 1.29 is 9.59 Å². The molecule has 0 aromatic carbocycles. The molecule has 0 bridgehead atoms. The summed E-state index contributed by atoms with van der Waals surface area (Å²) >= 11 is 1.15. The summed E-state index contributed by atoms with van der Waals surface area (Å²) in [7, 11) is 0. The van der Waals surface area contributed by atoms with Crippen molar-refractivity contribution in [2.24, 2.45) is 0 Å². The lowest BCUT2D eigenvalue weighted by Gasteiger charge is -2.15. The van der Waals surface area contributed by atoms with Gasteiger partial charge in [-0.15, -0.1) is 0 Å². The Morgan fingerprint density at radius 2 is 2.12 bits per heavy atom. The van der Waals surface area contributed by atoms with Gasteiger partial charge in [0.1, 0.15) is 5.82 Å². The van der Waals surface area contributed by atoms with E-state index in [0.717, 1.165) is 18.0 Å². The largest absolute Gasteiger partial charge is 0.311 e. The van der Waals surface area contributed by atoms with Crippen molar-refractivity contribution in [3.05, 3.63) is 29.8 Å². The summed E-state index contributed by atoms with van der Waals surface area (Å²) < 4.78 is 4.27. The van der Waals surface area contributed by atoms with Crippen molar-refractivity contribution in [2.45, 2.75) is 39.0 Å². The number of aromatic nitrogens is 3. The molecule has 1 saturated heterocycles. The van der Waals surface area contributed by atoms with Crippen molar-refractivity contribution in [3.8, 4) is 0 Å². The van der Waals surface area contributed by atoms with Crippen molar-refractivity contribution in [3.63, 3.8) is 0 Å². The Bertz CT molecular complexity index is 781. The second kappa shape index (κ2) is 6.27. The molecule has 8 heteroatoms. The Kier molecular flexibility index (Phi) is 4.31. The Hall–Kier alpha value is -2.35. The molecule has 1 N–H and O–H groups in total. The van der Waals surface area contributed by atoms with E-state index in [1.165, 1.54) is 6.20 Å². The van der Waals surface area contributed by atoms with Crippen molar-refractivity contribution in [1.29, 1.82) is 0 Å². The van der Waals surface area contributed by atoms with Gasteiger partial charge in [-0.25, -0.2) is 4.98 Å². The summed E-state index contributed by atoms with van der Waals surface area (Å²) in [6.07, 6.45) is 4.44. The Morgan fingerprint density at radius 1 is 1.33 bits per heavy atom. The molecule has 0 aliphatic carbocycles. The number of hydrogen-bond donors (Lipinski definition) is 1. The van der Waals surface area contributed by atoms with Crippen LogP contribution in [0.5, 0.6) is 0 Å². The highest BCUT2D eigenvalue weighted by atomic mass is 32.1. The molecule has 126 valence electrons. The molecule has 0 saturated carbocycles. The topological polar surface area (TPSA) is 88.1 Å². The van der Waals surface area contributed by atoms with Gasteiger partial charge in [0, 0.05) is 36.1 Å². The Morgan fingerprint density at radius 3 is 2.75 bits per heavy atom. The molecule has 2 aromatic heterocycles. The predicted octanol–water partition coefficient (Wildman–Crippen LogP) is 2.61. The highest BCUT2D eigenvalue weighted by Crippen LogP contribution is 2.24. The number of pyridine rings is 1. The molecule has 3 heterocycles. The van der Waals surface area contributed by atoms with Crippen LogP contribution in [0.2, 0.25) is 0 Å². The number of nitrogens with zero attached hydrogens (tertiary/aromatic N) is 4. The molecule has 0 unspecified atom stereocenters. The molecule has 3 rings (SSSR count). The molecule has 2 amide bonds. The first kappa shape index (κ1) is 16.5. The quantitative estimate of drug-likeness (QED) is 0.924. The maximum atomic E-state index is 12.4. The van der Waals surface area contributed by atoms with E-state index in [-0.39, 0.29) is 17.2 Å². The first-order chi connectivity index (χ1) is 11.3. The first-order valence-corrected chi connectivity index (χ1v) is 8.53. The summed E-state index contributed by atoms with van der Waals surface area (Å²) in [4.78, 5) is 34.3. The third kappa shape index (κ3) is 3.43. The Balaban J connectivity index is 1.76. The van der Waals surface area contributed by atoms with Crippen LogP contribution in [0.3, 0.4) is 0 Å².